The molecule has 0 aliphatic heterocycles. The van der Waals surface area contributed by atoms with Crippen molar-refractivity contribution >= 4 is 50.2 Å². The zero-order valence-electron chi connectivity index (χ0n) is 14.6. The van der Waals surface area contributed by atoms with Gasteiger partial charge in [-0.25, -0.2) is 14.8 Å². The van der Waals surface area contributed by atoms with Gasteiger partial charge in [0, 0.05) is 6.20 Å². The van der Waals surface area contributed by atoms with Crippen molar-refractivity contribution in [1.82, 2.24) is 9.97 Å². The molecule has 0 bridgehead atoms. The lowest BCUT2D eigenvalue weighted by Crippen LogP contribution is -2.29. The summed E-state index contributed by atoms with van der Waals surface area (Å²) in [6, 6.07) is 8.34. The number of anilines is 1. The predicted molar refractivity (Wildman–Crippen MR) is 104 cm³/mol. The van der Waals surface area contributed by atoms with Gasteiger partial charge in [0.15, 0.2) is 11.2 Å². The molecular weight excluding hydrogens is 390 g/mol. The molecule has 7 nitrogen and oxygen atoms in total. The van der Waals surface area contributed by atoms with E-state index in [1.54, 1.807) is 0 Å². The Hall–Kier alpha value is -2.71. The van der Waals surface area contributed by atoms with Gasteiger partial charge < -0.3 is 9.47 Å². The first-order valence-electron chi connectivity index (χ1n) is 8.13. The number of hydrogen-bond acceptors (Lipinski definition) is 7. The molecule has 0 fully saturated rings. The number of nitrogens with zero attached hydrogens (tertiary/aromatic N) is 2. The second-order valence-electron chi connectivity index (χ2n) is 5.49. The normalized spacial score (nSPS) is 11.8. The molecule has 2 aromatic heterocycles. The molecule has 0 spiro atoms. The molecule has 0 saturated carbocycles. The number of aromatic nitrogens is 2. The highest BCUT2D eigenvalue weighted by Gasteiger charge is 2.20. The number of pyridine rings is 1. The summed E-state index contributed by atoms with van der Waals surface area (Å²) in [5.41, 5.74) is 0.966. The van der Waals surface area contributed by atoms with Crippen LogP contribution in [0, 0.1) is 0 Å². The molecule has 1 N–H and O–H groups in total. The Morgan fingerprint density at radius 3 is 2.85 bits per heavy atom. The fourth-order valence-corrected chi connectivity index (χ4v) is 3.30. The van der Waals surface area contributed by atoms with Gasteiger partial charge >= 0.3 is 5.97 Å². The van der Waals surface area contributed by atoms with Crippen molar-refractivity contribution in [3.8, 4) is 5.75 Å². The number of hydrogen-bond donors (Lipinski definition) is 1. The highest BCUT2D eigenvalue weighted by molar-refractivity contribution is 7.22. The Labute approximate surface area is 164 Å². The van der Waals surface area contributed by atoms with E-state index in [1.165, 1.54) is 36.6 Å². The third-order valence-electron chi connectivity index (χ3n) is 3.52. The molecule has 140 valence electrons. The topological polar surface area (TPSA) is 90.4 Å². The molecule has 0 saturated heterocycles. The van der Waals surface area contributed by atoms with E-state index in [-0.39, 0.29) is 10.7 Å². The fraction of sp³-hybridized carbons (Fsp3) is 0.222. The molecular formula is C18H16ClN3O4S. The minimum atomic E-state index is -1.00. The Kier molecular flexibility index (Phi) is 5.88. The van der Waals surface area contributed by atoms with Crippen LogP contribution in [0.3, 0.4) is 0 Å². The van der Waals surface area contributed by atoms with E-state index in [0.717, 1.165) is 16.0 Å². The van der Waals surface area contributed by atoms with E-state index >= 15 is 0 Å². The zero-order valence-corrected chi connectivity index (χ0v) is 16.1. The van der Waals surface area contributed by atoms with Crippen LogP contribution in [0.4, 0.5) is 5.13 Å². The molecule has 1 atom stereocenters. The summed E-state index contributed by atoms with van der Waals surface area (Å²) in [6.45, 7) is 3.96. The van der Waals surface area contributed by atoms with Crippen LogP contribution < -0.4 is 10.1 Å². The van der Waals surface area contributed by atoms with Gasteiger partial charge in [-0.2, -0.15) is 0 Å². The number of esters is 1. The minimum Gasteiger partial charge on any atom is -0.494 e. The average molecular weight is 406 g/mol. The van der Waals surface area contributed by atoms with Crippen molar-refractivity contribution in [2.45, 2.75) is 20.0 Å². The molecule has 3 aromatic rings. The third-order valence-corrected chi connectivity index (χ3v) is 4.66. The van der Waals surface area contributed by atoms with Crippen molar-refractivity contribution < 1.29 is 19.1 Å². The highest BCUT2D eigenvalue weighted by Crippen LogP contribution is 2.29. The number of ether oxygens (including phenoxy) is 2. The molecule has 0 radical (unpaired) electrons. The molecule has 0 aliphatic rings. The SMILES string of the molecule is CCOc1ccc2nc(NC(=O)C(C)OC(=O)c3ccnc(Cl)c3)sc2c1. The van der Waals surface area contributed by atoms with Gasteiger partial charge in [-0.05, 0) is 44.2 Å². The summed E-state index contributed by atoms with van der Waals surface area (Å²) in [5, 5.41) is 3.25. The Morgan fingerprint density at radius 2 is 2.11 bits per heavy atom. The second kappa shape index (κ2) is 8.32. The summed E-state index contributed by atoms with van der Waals surface area (Å²) in [5.74, 6) is -0.398. The van der Waals surface area contributed by atoms with Crippen LogP contribution >= 0.6 is 22.9 Å². The summed E-state index contributed by atoms with van der Waals surface area (Å²) in [7, 11) is 0. The van der Waals surface area contributed by atoms with Crippen LogP contribution in [0.15, 0.2) is 36.5 Å². The quantitative estimate of drug-likeness (QED) is 0.493. The smallest absolute Gasteiger partial charge is 0.339 e. The molecule has 1 amide bonds. The zero-order chi connectivity index (χ0) is 19.4. The lowest BCUT2D eigenvalue weighted by molar-refractivity contribution is -0.123. The van der Waals surface area contributed by atoms with Gasteiger partial charge in [0.1, 0.15) is 10.9 Å². The third kappa shape index (κ3) is 4.72. The second-order valence-corrected chi connectivity index (χ2v) is 6.90. The summed E-state index contributed by atoms with van der Waals surface area (Å²) in [6.07, 6.45) is 0.386. The largest absolute Gasteiger partial charge is 0.494 e. The maximum Gasteiger partial charge on any atom is 0.339 e. The summed E-state index contributed by atoms with van der Waals surface area (Å²) < 4.78 is 11.5. The number of thiazole rings is 1. The number of benzene rings is 1. The van der Waals surface area contributed by atoms with Crippen molar-refractivity contribution in [3.63, 3.8) is 0 Å². The van der Waals surface area contributed by atoms with Crippen LogP contribution in [0.25, 0.3) is 10.2 Å². The Morgan fingerprint density at radius 1 is 1.30 bits per heavy atom. The lowest BCUT2D eigenvalue weighted by atomic mass is 10.3. The Balaban J connectivity index is 1.65. The van der Waals surface area contributed by atoms with E-state index in [0.29, 0.717) is 11.7 Å². The van der Waals surface area contributed by atoms with Gasteiger partial charge in [-0.1, -0.05) is 22.9 Å². The first kappa shape index (κ1) is 19.1. The maximum atomic E-state index is 12.3. The number of halogens is 1. The van der Waals surface area contributed by atoms with E-state index in [9.17, 15) is 9.59 Å². The fourth-order valence-electron chi connectivity index (χ4n) is 2.23. The molecule has 1 unspecified atom stereocenters. The number of rotatable bonds is 6. The van der Waals surface area contributed by atoms with E-state index in [1.807, 2.05) is 25.1 Å². The molecule has 1 aromatic carbocycles. The minimum absolute atomic E-state index is 0.169. The van der Waals surface area contributed by atoms with Crippen LogP contribution in [-0.4, -0.2) is 34.6 Å². The summed E-state index contributed by atoms with van der Waals surface area (Å²) >= 11 is 7.06. The van der Waals surface area contributed by atoms with Crippen LogP contribution in [0.5, 0.6) is 5.75 Å². The van der Waals surface area contributed by atoms with Crippen LogP contribution in [0.2, 0.25) is 5.15 Å². The van der Waals surface area contributed by atoms with Gasteiger partial charge in [0.2, 0.25) is 0 Å². The lowest BCUT2D eigenvalue weighted by Gasteiger charge is -2.12. The molecule has 3 rings (SSSR count). The molecule has 2 heterocycles. The van der Waals surface area contributed by atoms with E-state index in [2.05, 4.69) is 15.3 Å². The van der Waals surface area contributed by atoms with E-state index < -0.39 is 18.0 Å². The standard InChI is InChI=1S/C18H16ClN3O4S/c1-3-25-12-4-5-13-14(9-12)27-18(21-13)22-16(23)10(2)26-17(24)11-6-7-20-15(19)8-11/h4-10H,3H2,1-2H3,(H,21,22,23). The number of amides is 1. The van der Waals surface area contributed by atoms with Crippen molar-refractivity contribution in [1.29, 1.82) is 0 Å². The molecule has 27 heavy (non-hydrogen) atoms. The number of fused-ring (bicyclic) bond motifs is 1. The maximum absolute atomic E-state index is 12.3. The first-order valence-corrected chi connectivity index (χ1v) is 9.32. The van der Waals surface area contributed by atoms with Gasteiger partial charge in [-0.3, -0.25) is 10.1 Å². The monoisotopic (exact) mass is 405 g/mol. The summed E-state index contributed by atoms with van der Waals surface area (Å²) in [4.78, 5) is 32.5. The predicted octanol–water partition coefficient (Wildman–Crippen LogP) is 3.93. The number of carbonyl (C=O) groups excluding carboxylic acids is 2. The van der Waals surface area contributed by atoms with Crippen molar-refractivity contribution in [2.75, 3.05) is 11.9 Å². The highest BCUT2D eigenvalue weighted by atomic mass is 35.5. The van der Waals surface area contributed by atoms with Crippen molar-refractivity contribution in [2.24, 2.45) is 0 Å². The van der Waals surface area contributed by atoms with Crippen LogP contribution in [-0.2, 0) is 9.53 Å². The van der Waals surface area contributed by atoms with Crippen molar-refractivity contribution in [3.05, 3.63) is 47.2 Å². The Bertz CT molecular complexity index is 992. The van der Waals surface area contributed by atoms with Crippen LogP contribution in [0.1, 0.15) is 24.2 Å². The van der Waals surface area contributed by atoms with Gasteiger partial charge in [0.25, 0.3) is 5.91 Å². The van der Waals surface area contributed by atoms with Gasteiger partial charge in [-0.15, -0.1) is 0 Å². The van der Waals surface area contributed by atoms with E-state index in [4.69, 9.17) is 21.1 Å². The average Bonchev–Trinajstić information content (AvgIpc) is 3.03. The first-order chi connectivity index (χ1) is 13.0. The molecule has 0 aliphatic carbocycles. The number of nitrogens with one attached hydrogen (secondary N) is 1. The molecule has 9 heteroatoms. The number of carbonyl (C=O) groups is 2. The van der Waals surface area contributed by atoms with Gasteiger partial charge in [0.05, 0.1) is 22.4 Å².